The summed E-state index contributed by atoms with van der Waals surface area (Å²) in [6, 6.07) is 7.98. The lowest BCUT2D eigenvalue weighted by atomic mass is 9.84. The quantitative estimate of drug-likeness (QED) is 0.419. The second-order valence-corrected chi connectivity index (χ2v) is 10.4. The molecule has 0 saturated carbocycles. The van der Waals surface area contributed by atoms with E-state index in [-0.39, 0.29) is 25.8 Å². The van der Waals surface area contributed by atoms with Crippen LogP contribution in [-0.2, 0) is 37.0 Å². The van der Waals surface area contributed by atoms with Gasteiger partial charge in [0.05, 0.1) is 17.6 Å². The first-order valence-corrected chi connectivity index (χ1v) is 11.5. The molecule has 0 N–H and O–H groups in total. The molecular weight excluding hydrogens is 406 g/mol. The Morgan fingerprint density at radius 3 is 1.75 bits per heavy atom. The molecule has 0 radical (unpaired) electrons. The lowest BCUT2D eigenvalue weighted by molar-refractivity contribution is -0.176. The molecule has 32 heavy (non-hydrogen) atoms. The van der Waals surface area contributed by atoms with Crippen molar-refractivity contribution < 1.29 is 23.8 Å². The van der Waals surface area contributed by atoms with Crippen molar-refractivity contribution in [1.82, 2.24) is 4.90 Å². The van der Waals surface area contributed by atoms with Crippen molar-refractivity contribution in [2.24, 2.45) is 10.8 Å². The Hall–Kier alpha value is -1.92. The van der Waals surface area contributed by atoms with Gasteiger partial charge in [0.25, 0.3) is 0 Å². The summed E-state index contributed by atoms with van der Waals surface area (Å²) in [4.78, 5) is 27.8. The molecule has 0 heterocycles. The fourth-order valence-corrected chi connectivity index (χ4v) is 2.90. The summed E-state index contributed by atoms with van der Waals surface area (Å²) in [5.41, 5.74) is -0.00757. The predicted octanol–water partition coefficient (Wildman–Crippen LogP) is 4.98. The van der Waals surface area contributed by atoms with Crippen molar-refractivity contribution in [3.8, 4) is 0 Å². The predicted molar refractivity (Wildman–Crippen MR) is 127 cm³/mol. The molecule has 0 aliphatic heterocycles. The highest BCUT2D eigenvalue weighted by Crippen LogP contribution is 2.30. The minimum atomic E-state index is -1.10. The third-order valence-corrected chi connectivity index (χ3v) is 5.78. The average molecular weight is 450 g/mol. The van der Waals surface area contributed by atoms with E-state index in [9.17, 15) is 9.59 Å². The highest BCUT2D eigenvalue weighted by atomic mass is 16.6. The number of hydrogen-bond donors (Lipinski definition) is 0. The third-order valence-electron chi connectivity index (χ3n) is 5.78. The minimum absolute atomic E-state index is 0.0852. The highest BCUT2D eigenvalue weighted by Gasteiger charge is 2.40. The Bertz CT molecular complexity index is 732. The fourth-order valence-electron chi connectivity index (χ4n) is 2.90. The second-order valence-electron chi connectivity index (χ2n) is 10.4. The molecule has 1 aromatic carbocycles. The van der Waals surface area contributed by atoms with E-state index in [0.29, 0.717) is 12.8 Å². The van der Waals surface area contributed by atoms with Crippen LogP contribution < -0.4 is 0 Å². The summed E-state index contributed by atoms with van der Waals surface area (Å²) >= 11 is 0. The molecule has 0 aromatic heterocycles. The third kappa shape index (κ3) is 8.91. The van der Waals surface area contributed by atoms with E-state index in [2.05, 4.69) is 4.90 Å². The van der Waals surface area contributed by atoms with Gasteiger partial charge in [0.15, 0.2) is 0 Å². The maximum Gasteiger partial charge on any atom is 0.317 e. The number of hydrogen-bond acceptors (Lipinski definition) is 6. The van der Waals surface area contributed by atoms with E-state index in [1.165, 1.54) is 5.56 Å². The van der Waals surface area contributed by atoms with Crippen LogP contribution in [0.15, 0.2) is 24.3 Å². The molecule has 0 bridgehead atoms. The molecule has 182 valence electrons. The Balaban J connectivity index is 2.86. The van der Waals surface area contributed by atoms with E-state index in [4.69, 9.17) is 14.2 Å². The number of rotatable bonds is 12. The zero-order valence-electron chi connectivity index (χ0n) is 21.5. The molecule has 1 atom stereocenters. The van der Waals surface area contributed by atoms with E-state index in [1.807, 2.05) is 79.9 Å². The van der Waals surface area contributed by atoms with Crippen molar-refractivity contribution in [2.75, 3.05) is 27.3 Å². The van der Waals surface area contributed by atoms with Crippen molar-refractivity contribution in [2.45, 2.75) is 80.1 Å². The first-order chi connectivity index (χ1) is 14.7. The Morgan fingerprint density at radius 2 is 1.28 bits per heavy atom. The molecule has 0 amide bonds. The minimum Gasteiger partial charge on any atom is -0.464 e. The highest BCUT2D eigenvalue weighted by molar-refractivity contribution is 5.79. The van der Waals surface area contributed by atoms with Gasteiger partial charge in [-0.25, -0.2) is 0 Å². The Labute approximate surface area is 194 Å². The summed E-state index contributed by atoms with van der Waals surface area (Å²) in [5, 5.41) is 0. The van der Waals surface area contributed by atoms with Gasteiger partial charge in [0, 0.05) is 6.54 Å². The van der Waals surface area contributed by atoms with E-state index in [1.54, 1.807) is 6.92 Å². The van der Waals surface area contributed by atoms with Crippen molar-refractivity contribution >= 4 is 11.9 Å². The van der Waals surface area contributed by atoms with Gasteiger partial charge in [-0.15, -0.1) is 0 Å². The normalized spacial score (nSPS) is 14.2. The first-order valence-electron chi connectivity index (χ1n) is 11.5. The van der Waals surface area contributed by atoms with Crippen LogP contribution in [0.5, 0.6) is 0 Å². The van der Waals surface area contributed by atoms with Gasteiger partial charge >= 0.3 is 11.9 Å². The summed E-state index contributed by atoms with van der Waals surface area (Å²) in [7, 11) is 4.04. The standard InChI is InChI=1S/C26H43NO5/c1-10-25(6,11-2)22(28)31-18-26(7,19-32-24(3,4)5)23(29)30-17-21-14-12-20(13-15-21)16-27(8)9/h12-15H,10-11,16-19H2,1-9H3. The van der Waals surface area contributed by atoms with E-state index in [0.717, 1.165) is 12.1 Å². The van der Waals surface area contributed by atoms with Gasteiger partial charge in [-0.3, -0.25) is 9.59 Å². The average Bonchev–Trinajstić information content (AvgIpc) is 2.73. The monoisotopic (exact) mass is 449 g/mol. The van der Waals surface area contributed by atoms with E-state index < -0.39 is 22.4 Å². The van der Waals surface area contributed by atoms with Gasteiger partial charge in [-0.1, -0.05) is 38.1 Å². The van der Waals surface area contributed by atoms with Gasteiger partial charge in [-0.05, 0) is 72.7 Å². The van der Waals surface area contributed by atoms with Crippen molar-refractivity contribution in [3.05, 3.63) is 35.4 Å². The first kappa shape index (κ1) is 28.1. The smallest absolute Gasteiger partial charge is 0.317 e. The van der Waals surface area contributed by atoms with Gasteiger partial charge in [-0.2, -0.15) is 0 Å². The summed E-state index contributed by atoms with van der Waals surface area (Å²) in [5.74, 6) is -0.740. The molecule has 1 rings (SSSR count). The molecule has 0 aliphatic carbocycles. The summed E-state index contributed by atoms with van der Waals surface area (Å²) in [6.07, 6.45) is 1.34. The SMILES string of the molecule is CCC(C)(CC)C(=O)OCC(C)(COC(C)(C)C)C(=O)OCc1ccc(CN(C)C)cc1. The lowest BCUT2D eigenvalue weighted by Crippen LogP contribution is -2.43. The molecule has 6 nitrogen and oxygen atoms in total. The fraction of sp³-hybridized carbons (Fsp3) is 0.692. The zero-order chi connectivity index (χ0) is 24.6. The maximum atomic E-state index is 13.1. The molecule has 0 aliphatic rings. The number of ether oxygens (including phenoxy) is 3. The number of esters is 2. The number of nitrogens with zero attached hydrogens (tertiary/aromatic N) is 1. The molecule has 1 aromatic rings. The van der Waals surface area contributed by atoms with Crippen LogP contribution in [0.25, 0.3) is 0 Å². The number of carbonyl (C=O) groups excluding carboxylic acids is 2. The summed E-state index contributed by atoms with van der Waals surface area (Å²) in [6.45, 7) is 14.3. The van der Waals surface area contributed by atoms with Crippen molar-refractivity contribution in [3.63, 3.8) is 0 Å². The number of carbonyl (C=O) groups is 2. The Morgan fingerprint density at radius 1 is 0.781 bits per heavy atom. The summed E-state index contributed by atoms with van der Waals surface area (Å²) < 4.78 is 17.1. The molecular formula is C26H43NO5. The van der Waals surface area contributed by atoms with Gasteiger partial charge in [0.2, 0.25) is 0 Å². The maximum absolute atomic E-state index is 13.1. The topological polar surface area (TPSA) is 65.1 Å². The molecule has 0 saturated heterocycles. The molecule has 1 unspecified atom stereocenters. The van der Waals surface area contributed by atoms with Crippen LogP contribution in [0, 0.1) is 10.8 Å². The zero-order valence-corrected chi connectivity index (χ0v) is 21.5. The van der Waals surface area contributed by atoms with Crippen LogP contribution in [0.1, 0.15) is 72.4 Å². The van der Waals surface area contributed by atoms with Gasteiger partial charge in [0.1, 0.15) is 18.6 Å². The van der Waals surface area contributed by atoms with Crippen LogP contribution >= 0.6 is 0 Å². The van der Waals surface area contributed by atoms with Crippen molar-refractivity contribution in [1.29, 1.82) is 0 Å². The van der Waals surface area contributed by atoms with Crippen LogP contribution in [0.3, 0.4) is 0 Å². The molecule has 6 heteroatoms. The molecule has 0 spiro atoms. The van der Waals surface area contributed by atoms with Crippen LogP contribution in [-0.4, -0.2) is 49.7 Å². The van der Waals surface area contributed by atoms with Crippen LogP contribution in [0.4, 0.5) is 0 Å². The second kappa shape index (κ2) is 11.8. The van der Waals surface area contributed by atoms with E-state index >= 15 is 0 Å². The van der Waals surface area contributed by atoms with Gasteiger partial charge < -0.3 is 19.1 Å². The van der Waals surface area contributed by atoms with Crippen LogP contribution in [0.2, 0.25) is 0 Å². The largest absolute Gasteiger partial charge is 0.464 e. The lowest BCUT2D eigenvalue weighted by Gasteiger charge is -2.32. The Kier molecular flexibility index (Phi) is 10.4. The number of benzene rings is 1. The molecule has 0 fully saturated rings.